The summed E-state index contributed by atoms with van der Waals surface area (Å²) in [6.07, 6.45) is 1.09. The van der Waals surface area contributed by atoms with E-state index in [2.05, 4.69) is 4.98 Å². The second kappa shape index (κ2) is 6.93. The first-order valence-electron chi connectivity index (χ1n) is 8.91. The SMILES string of the molecule is COCCN1C[C@H](C(=O)N2CCc3[nH]c4ccc(Cl)cc4c3C2)CC1=O. The van der Waals surface area contributed by atoms with Gasteiger partial charge in [0.1, 0.15) is 0 Å². The fraction of sp³-hybridized carbons (Fsp3) is 0.474. The molecule has 1 atom stereocenters. The number of hydrogen-bond donors (Lipinski definition) is 1. The number of likely N-dealkylation sites (tertiary alicyclic amines) is 1. The smallest absolute Gasteiger partial charge is 0.228 e. The van der Waals surface area contributed by atoms with Gasteiger partial charge in [-0.2, -0.15) is 0 Å². The zero-order valence-corrected chi connectivity index (χ0v) is 15.5. The molecule has 2 aliphatic rings. The molecule has 1 aromatic heterocycles. The molecule has 7 heteroatoms. The standard InChI is InChI=1S/C19H22ClN3O3/c1-26-7-6-22-10-12(8-18(22)24)19(25)23-5-4-17-15(11-23)14-9-13(20)2-3-16(14)21-17/h2-3,9,12,21H,4-8,10-11H2,1H3/t12-/m1/s1. The average Bonchev–Trinajstić information content (AvgIpc) is 3.19. The lowest BCUT2D eigenvalue weighted by Crippen LogP contribution is -2.40. The molecule has 4 rings (SSSR count). The van der Waals surface area contributed by atoms with Gasteiger partial charge in [-0.25, -0.2) is 0 Å². The number of nitrogens with zero attached hydrogens (tertiary/aromatic N) is 2. The molecule has 1 fully saturated rings. The Kier molecular flexibility index (Phi) is 4.63. The highest BCUT2D eigenvalue weighted by atomic mass is 35.5. The van der Waals surface area contributed by atoms with E-state index in [4.69, 9.17) is 16.3 Å². The summed E-state index contributed by atoms with van der Waals surface area (Å²) in [6.45, 7) is 2.77. The lowest BCUT2D eigenvalue weighted by molar-refractivity contribution is -0.136. The summed E-state index contributed by atoms with van der Waals surface area (Å²) in [5.74, 6) is -0.146. The van der Waals surface area contributed by atoms with E-state index in [1.165, 1.54) is 5.69 Å². The molecule has 1 N–H and O–H groups in total. The highest BCUT2D eigenvalue weighted by molar-refractivity contribution is 6.31. The second-order valence-electron chi connectivity index (χ2n) is 7.02. The number of halogens is 1. The van der Waals surface area contributed by atoms with Crippen LogP contribution < -0.4 is 0 Å². The predicted octanol–water partition coefficient (Wildman–Crippen LogP) is 2.20. The first-order valence-corrected chi connectivity index (χ1v) is 9.29. The fourth-order valence-corrected chi connectivity index (χ4v) is 4.16. The maximum atomic E-state index is 13.0. The van der Waals surface area contributed by atoms with Gasteiger partial charge >= 0.3 is 0 Å². The van der Waals surface area contributed by atoms with Crippen LogP contribution in [0.2, 0.25) is 5.02 Å². The molecule has 6 nitrogen and oxygen atoms in total. The van der Waals surface area contributed by atoms with Crippen LogP contribution in [0.3, 0.4) is 0 Å². The third-order valence-corrected chi connectivity index (χ3v) is 5.61. The molecule has 2 aliphatic heterocycles. The molecule has 0 radical (unpaired) electrons. The number of carbonyl (C=O) groups is 2. The molecule has 0 bridgehead atoms. The number of aromatic amines is 1. The maximum Gasteiger partial charge on any atom is 0.228 e. The van der Waals surface area contributed by atoms with Crippen molar-refractivity contribution < 1.29 is 14.3 Å². The lowest BCUT2D eigenvalue weighted by Gasteiger charge is -2.29. The van der Waals surface area contributed by atoms with E-state index < -0.39 is 0 Å². The largest absolute Gasteiger partial charge is 0.383 e. The number of carbonyl (C=O) groups excluding carboxylic acids is 2. The molecule has 2 amide bonds. The van der Waals surface area contributed by atoms with Crippen molar-refractivity contribution in [1.29, 1.82) is 0 Å². The normalized spacial score (nSPS) is 20.1. The van der Waals surface area contributed by atoms with Crippen molar-refractivity contribution in [3.05, 3.63) is 34.5 Å². The van der Waals surface area contributed by atoms with Gasteiger partial charge in [-0.1, -0.05) is 11.6 Å². The van der Waals surface area contributed by atoms with Crippen molar-refractivity contribution in [1.82, 2.24) is 14.8 Å². The zero-order valence-electron chi connectivity index (χ0n) is 14.8. The van der Waals surface area contributed by atoms with Crippen LogP contribution in [0.15, 0.2) is 18.2 Å². The summed E-state index contributed by atoms with van der Waals surface area (Å²) < 4.78 is 5.04. The van der Waals surface area contributed by atoms with Gasteiger partial charge in [0, 0.05) is 73.3 Å². The highest BCUT2D eigenvalue weighted by Gasteiger charge is 2.37. The summed E-state index contributed by atoms with van der Waals surface area (Å²) in [5, 5.41) is 1.77. The minimum absolute atomic E-state index is 0.0389. The van der Waals surface area contributed by atoms with E-state index in [0.29, 0.717) is 44.2 Å². The summed E-state index contributed by atoms with van der Waals surface area (Å²) in [7, 11) is 1.61. The lowest BCUT2D eigenvalue weighted by atomic mass is 10.0. The number of rotatable bonds is 4. The molecule has 138 valence electrons. The van der Waals surface area contributed by atoms with Gasteiger partial charge in [0.05, 0.1) is 12.5 Å². The molecular formula is C19H22ClN3O3. The zero-order chi connectivity index (χ0) is 18.3. The number of fused-ring (bicyclic) bond motifs is 3. The van der Waals surface area contributed by atoms with Crippen molar-refractivity contribution in [2.75, 3.05) is 33.4 Å². The molecular weight excluding hydrogens is 354 g/mol. The quantitative estimate of drug-likeness (QED) is 0.890. The van der Waals surface area contributed by atoms with Gasteiger partial charge in [-0.15, -0.1) is 0 Å². The first-order chi connectivity index (χ1) is 12.6. The number of nitrogens with one attached hydrogen (secondary N) is 1. The Morgan fingerprint density at radius 1 is 1.42 bits per heavy atom. The molecule has 1 aromatic carbocycles. The minimum atomic E-state index is -0.255. The Morgan fingerprint density at radius 3 is 3.08 bits per heavy atom. The molecule has 2 aromatic rings. The third kappa shape index (κ3) is 3.08. The van der Waals surface area contributed by atoms with Crippen LogP contribution in [-0.2, 0) is 27.3 Å². The van der Waals surface area contributed by atoms with Gasteiger partial charge in [-0.05, 0) is 18.2 Å². The number of ether oxygens (including phenoxy) is 1. The molecule has 0 saturated carbocycles. The minimum Gasteiger partial charge on any atom is -0.383 e. The number of benzene rings is 1. The molecule has 0 unspecified atom stereocenters. The van der Waals surface area contributed by atoms with Crippen molar-refractivity contribution >= 4 is 34.3 Å². The topological polar surface area (TPSA) is 65.6 Å². The number of H-pyrrole nitrogens is 1. The number of amides is 2. The second-order valence-corrected chi connectivity index (χ2v) is 7.45. The van der Waals surface area contributed by atoms with Crippen molar-refractivity contribution in [2.45, 2.75) is 19.4 Å². The van der Waals surface area contributed by atoms with Gasteiger partial charge in [-0.3, -0.25) is 9.59 Å². The van der Waals surface area contributed by atoms with Crippen LogP contribution in [0.4, 0.5) is 0 Å². The van der Waals surface area contributed by atoms with Gasteiger partial charge in [0.25, 0.3) is 0 Å². The summed E-state index contributed by atoms with van der Waals surface area (Å²) in [5.41, 5.74) is 3.37. The molecule has 1 saturated heterocycles. The summed E-state index contributed by atoms with van der Waals surface area (Å²) >= 11 is 6.15. The Bertz CT molecular complexity index is 863. The Morgan fingerprint density at radius 2 is 2.27 bits per heavy atom. The van der Waals surface area contributed by atoms with E-state index in [9.17, 15) is 9.59 Å². The number of aromatic nitrogens is 1. The third-order valence-electron chi connectivity index (χ3n) is 5.38. The van der Waals surface area contributed by atoms with Crippen LogP contribution in [0.5, 0.6) is 0 Å². The Balaban J connectivity index is 1.50. The molecule has 0 spiro atoms. The Hall–Kier alpha value is -2.05. The predicted molar refractivity (Wildman–Crippen MR) is 99.0 cm³/mol. The average molecular weight is 376 g/mol. The van der Waals surface area contributed by atoms with Crippen LogP contribution >= 0.6 is 11.6 Å². The van der Waals surface area contributed by atoms with Crippen molar-refractivity contribution in [2.24, 2.45) is 5.92 Å². The number of hydrogen-bond acceptors (Lipinski definition) is 3. The Labute approximate surface area is 157 Å². The van der Waals surface area contributed by atoms with Crippen LogP contribution in [-0.4, -0.2) is 59.9 Å². The monoisotopic (exact) mass is 375 g/mol. The molecule has 3 heterocycles. The van der Waals surface area contributed by atoms with Crippen molar-refractivity contribution in [3.63, 3.8) is 0 Å². The van der Waals surface area contributed by atoms with Crippen LogP contribution in [0.1, 0.15) is 17.7 Å². The molecule has 26 heavy (non-hydrogen) atoms. The van der Waals surface area contributed by atoms with Crippen molar-refractivity contribution in [3.8, 4) is 0 Å². The highest BCUT2D eigenvalue weighted by Crippen LogP contribution is 2.31. The van der Waals surface area contributed by atoms with Crippen LogP contribution in [0.25, 0.3) is 10.9 Å². The van der Waals surface area contributed by atoms with Crippen LogP contribution in [0, 0.1) is 5.92 Å². The first kappa shape index (κ1) is 17.4. The molecule has 0 aliphatic carbocycles. The summed E-state index contributed by atoms with van der Waals surface area (Å²) in [4.78, 5) is 32.2. The van der Waals surface area contributed by atoms with Gasteiger partial charge in [0.15, 0.2) is 0 Å². The summed E-state index contributed by atoms with van der Waals surface area (Å²) in [6, 6.07) is 5.80. The number of methoxy groups -OCH3 is 1. The van der Waals surface area contributed by atoms with E-state index >= 15 is 0 Å². The van der Waals surface area contributed by atoms with E-state index in [-0.39, 0.29) is 17.7 Å². The maximum absolute atomic E-state index is 13.0. The van der Waals surface area contributed by atoms with E-state index in [1.807, 2.05) is 23.1 Å². The van der Waals surface area contributed by atoms with E-state index in [0.717, 1.165) is 22.9 Å². The van der Waals surface area contributed by atoms with Gasteiger partial charge < -0.3 is 19.5 Å². The van der Waals surface area contributed by atoms with Gasteiger partial charge in [0.2, 0.25) is 11.8 Å². The van der Waals surface area contributed by atoms with E-state index in [1.54, 1.807) is 12.0 Å². The fourth-order valence-electron chi connectivity index (χ4n) is 3.99.